The molecule has 0 heterocycles. The number of hydrogen-bond acceptors (Lipinski definition) is 3. The summed E-state index contributed by atoms with van der Waals surface area (Å²) in [5.41, 5.74) is 8.97. The van der Waals surface area contributed by atoms with Crippen molar-refractivity contribution >= 4 is 0 Å². The zero-order chi connectivity index (χ0) is 11.6. The fraction of sp³-hybridized carbons (Fsp3) is 0.500. The molecule has 0 radical (unpaired) electrons. The van der Waals surface area contributed by atoms with Crippen molar-refractivity contribution in [3.63, 3.8) is 0 Å². The Bertz CT molecular complexity index is 348. The van der Waals surface area contributed by atoms with E-state index in [1.807, 2.05) is 26.0 Å². The van der Waals surface area contributed by atoms with Crippen LogP contribution in [0.5, 0.6) is 5.75 Å². The topological polar surface area (TPSA) is 55.5 Å². The standard InChI is InChI=1S/C12H19NO2/c1-7-6-11(15-4)8(2)5-10(7)12(13)9(3)14/h5-6,9,12,14H,13H2,1-4H3. The second-order valence-electron chi connectivity index (χ2n) is 3.94. The van der Waals surface area contributed by atoms with Crippen molar-refractivity contribution in [2.75, 3.05) is 7.11 Å². The predicted octanol–water partition coefficient (Wildman–Crippen LogP) is 1.69. The third-order valence-electron chi connectivity index (χ3n) is 2.66. The molecule has 15 heavy (non-hydrogen) atoms. The number of methoxy groups -OCH3 is 1. The zero-order valence-corrected chi connectivity index (χ0v) is 9.74. The Morgan fingerprint density at radius 1 is 1.27 bits per heavy atom. The second-order valence-corrected chi connectivity index (χ2v) is 3.94. The fourth-order valence-corrected chi connectivity index (χ4v) is 1.65. The summed E-state index contributed by atoms with van der Waals surface area (Å²) >= 11 is 0. The van der Waals surface area contributed by atoms with Crippen molar-refractivity contribution in [2.24, 2.45) is 5.73 Å². The van der Waals surface area contributed by atoms with Crippen molar-refractivity contribution in [3.8, 4) is 5.75 Å². The number of ether oxygens (including phenoxy) is 1. The maximum atomic E-state index is 9.46. The van der Waals surface area contributed by atoms with Crippen LogP contribution in [0.25, 0.3) is 0 Å². The maximum absolute atomic E-state index is 9.46. The first-order chi connectivity index (χ1) is 6.97. The molecule has 1 aromatic carbocycles. The minimum atomic E-state index is -0.545. The van der Waals surface area contributed by atoms with Gasteiger partial charge in [-0.05, 0) is 43.5 Å². The van der Waals surface area contributed by atoms with E-state index < -0.39 is 6.10 Å². The maximum Gasteiger partial charge on any atom is 0.122 e. The first-order valence-corrected chi connectivity index (χ1v) is 5.06. The average Bonchev–Trinajstić information content (AvgIpc) is 2.19. The van der Waals surface area contributed by atoms with Gasteiger partial charge >= 0.3 is 0 Å². The lowest BCUT2D eigenvalue weighted by atomic mass is 9.96. The van der Waals surface area contributed by atoms with Crippen LogP contribution in [0.4, 0.5) is 0 Å². The number of aryl methyl sites for hydroxylation is 2. The van der Waals surface area contributed by atoms with Gasteiger partial charge < -0.3 is 15.6 Å². The predicted molar refractivity (Wildman–Crippen MR) is 61.1 cm³/mol. The molecule has 0 aromatic heterocycles. The van der Waals surface area contributed by atoms with Crippen molar-refractivity contribution in [1.82, 2.24) is 0 Å². The number of rotatable bonds is 3. The molecule has 3 nitrogen and oxygen atoms in total. The first-order valence-electron chi connectivity index (χ1n) is 5.06. The van der Waals surface area contributed by atoms with Crippen LogP contribution >= 0.6 is 0 Å². The molecule has 0 amide bonds. The van der Waals surface area contributed by atoms with E-state index in [2.05, 4.69) is 0 Å². The minimum Gasteiger partial charge on any atom is -0.496 e. The SMILES string of the molecule is COc1cc(C)c(C(N)C(C)O)cc1C. The molecule has 0 fully saturated rings. The molecule has 1 aromatic rings. The molecular formula is C12H19NO2. The number of nitrogens with two attached hydrogens (primary N) is 1. The Labute approximate surface area is 90.9 Å². The molecule has 1 rings (SSSR count). The van der Waals surface area contributed by atoms with E-state index in [9.17, 15) is 5.11 Å². The Balaban J connectivity index is 3.15. The summed E-state index contributed by atoms with van der Waals surface area (Å²) in [6.07, 6.45) is -0.545. The van der Waals surface area contributed by atoms with Crippen LogP contribution in [-0.4, -0.2) is 18.3 Å². The van der Waals surface area contributed by atoms with Gasteiger partial charge in [0.2, 0.25) is 0 Å². The Morgan fingerprint density at radius 2 is 1.87 bits per heavy atom. The highest BCUT2D eigenvalue weighted by Gasteiger charge is 2.15. The summed E-state index contributed by atoms with van der Waals surface area (Å²) in [7, 11) is 1.65. The largest absolute Gasteiger partial charge is 0.496 e. The molecule has 0 bridgehead atoms. The van der Waals surface area contributed by atoms with E-state index in [0.717, 1.165) is 22.4 Å². The van der Waals surface area contributed by atoms with Gasteiger partial charge in [-0.25, -0.2) is 0 Å². The number of aliphatic hydroxyl groups is 1. The molecule has 0 spiro atoms. The van der Waals surface area contributed by atoms with E-state index in [0.29, 0.717) is 0 Å². The lowest BCUT2D eigenvalue weighted by Gasteiger charge is -2.19. The van der Waals surface area contributed by atoms with Gasteiger partial charge in [-0.3, -0.25) is 0 Å². The molecule has 84 valence electrons. The molecule has 0 aliphatic rings. The third kappa shape index (κ3) is 2.49. The van der Waals surface area contributed by atoms with Crippen LogP contribution in [0.2, 0.25) is 0 Å². The van der Waals surface area contributed by atoms with Crippen molar-refractivity contribution in [1.29, 1.82) is 0 Å². The molecule has 3 N–H and O–H groups in total. The lowest BCUT2D eigenvalue weighted by molar-refractivity contribution is 0.164. The van der Waals surface area contributed by atoms with E-state index in [4.69, 9.17) is 10.5 Å². The van der Waals surface area contributed by atoms with Gasteiger partial charge in [-0.15, -0.1) is 0 Å². The van der Waals surface area contributed by atoms with E-state index in [1.54, 1.807) is 14.0 Å². The summed E-state index contributed by atoms with van der Waals surface area (Å²) in [5.74, 6) is 0.856. The van der Waals surface area contributed by atoms with E-state index >= 15 is 0 Å². The van der Waals surface area contributed by atoms with Crippen LogP contribution in [0.1, 0.15) is 29.7 Å². The van der Waals surface area contributed by atoms with Crippen LogP contribution < -0.4 is 10.5 Å². The van der Waals surface area contributed by atoms with Crippen molar-refractivity contribution < 1.29 is 9.84 Å². The molecular weight excluding hydrogens is 190 g/mol. The van der Waals surface area contributed by atoms with Gasteiger partial charge in [-0.1, -0.05) is 6.07 Å². The first kappa shape index (κ1) is 12.0. The molecule has 0 aliphatic heterocycles. The van der Waals surface area contributed by atoms with Crippen molar-refractivity contribution in [3.05, 3.63) is 28.8 Å². The number of hydrogen-bond donors (Lipinski definition) is 2. The molecule has 3 heteroatoms. The van der Waals surface area contributed by atoms with Crippen LogP contribution in [0.3, 0.4) is 0 Å². The normalized spacial score (nSPS) is 14.8. The summed E-state index contributed by atoms with van der Waals surface area (Å²) in [6.45, 7) is 5.64. The summed E-state index contributed by atoms with van der Waals surface area (Å²) in [4.78, 5) is 0. The monoisotopic (exact) mass is 209 g/mol. The highest BCUT2D eigenvalue weighted by molar-refractivity contribution is 5.43. The molecule has 2 unspecified atom stereocenters. The molecule has 0 aliphatic carbocycles. The highest BCUT2D eigenvalue weighted by atomic mass is 16.5. The molecule has 0 saturated heterocycles. The minimum absolute atomic E-state index is 0.338. The van der Waals surface area contributed by atoms with E-state index in [1.165, 1.54) is 0 Å². The Morgan fingerprint density at radius 3 is 2.33 bits per heavy atom. The van der Waals surface area contributed by atoms with Crippen LogP contribution in [0.15, 0.2) is 12.1 Å². The molecule has 2 atom stereocenters. The fourth-order valence-electron chi connectivity index (χ4n) is 1.65. The van der Waals surface area contributed by atoms with Gasteiger partial charge in [0.15, 0.2) is 0 Å². The Hall–Kier alpha value is -1.06. The van der Waals surface area contributed by atoms with E-state index in [-0.39, 0.29) is 6.04 Å². The van der Waals surface area contributed by atoms with Gasteiger partial charge in [0.1, 0.15) is 5.75 Å². The van der Waals surface area contributed by atoms with Gasteiger partial charge in [-0.2, -0.15) is 0 Å². The summed E-state index contributed by atoms with van der Waals surface area (Å²) in [6, 6.07) is 3.59. The number of benzene rings is 1. The highest BCUT2D eigenvalue weighted by Crippen LogP contribution is 2.26. The third-order valence-corrected chi connectivity index (χ3v) is 2.66. The van der Waals surface area contributed by atoms with Crippen LogP contribution in [-0.2, 0) is 0 Å². The Kier molecular flexibility index (Phi) is 3.72. The smallest absolute Gasteiger partial charge is 0.122 e. The molecule has 0 saturated carbocycles. The quantitative estimate of drug-likeness (QED) is 0.796. The summed E-state index contributed by atoms with van der Waals surface area (Å²) in [5, 5.41) is 9.46. The average molecular weight is 209 g/mol. The van der Waals surface area contributed by atoms with Crippen LogP contribution in [0, 0.1) is 13.8 Å². The van der Waals surface area contributed by atoms with Crippen molar-refractivity contribution in [2.45, 2.75) is 32.9 Å². The van der Waals surface area contributed by atoms with Gasteiger partial charge in [0.05, 0.1) is 19.3 Å². The summed E-state index contributed by atoms with van der Waals surface area (Å²) < 4.78 is 5.22. The second kappa shape index (κ2) is 4.64. The zero-order valence-electron chi connectivity index (χ0n) is 9.74. The van der Waals surface area contributed by atoms with Gasteiger partial charge in [0, 0.05) is 0 Å². The number of aliphatic hydroxyl groups excluding tert-OH is 1. The van der Waals surface area contributed by atoms with Gasteiger partial charge in [0.25, 0.3) is 0 Å². The lowest BCUT2D eigenvalue weighted by Crippen LogP contribution is -2.24.